The van der Waals surface area contributed by atoms with Crippen molar-refractivity contribution in [3.8, 4) is 0 Å². The minimum atomic E-state index is -4.22. The predicted octanol–water partition coefficient (Wildman–Crippen LogP) is 6.31. The highest BCUT2D eigenvalue weighted by Gasteiger charge is 2.42. The number of aryl methyl sites for hydroxylation is 1. The van der Waals surface area contributed by atoms with E-state index >= 15 is 0 Å². The molecule has 0 radical (unpaired) electrons. The SMILES string of the molecule is CN1CC(/C=C/C2=Nc3c(ccc[n+]3CCCCCC(=O)O)C2(C)C)=C(Cl)C(=C/C=C2/N=C3C(=CC=CN3CCCCS(=O)(=O)[O-])C2(C)C)/C1. The number of aromatic nitrogens is 1. The lowest BCUT2D eigenvalue weighted by atomic mass is 9.81. The van der Waals surface area contributed by atoms with Crippen molar-refractivity contribution in [1.29, 1.82) is 0 Å². The zero-order chi connectivity index (χ0) is 36.3. The Labute approximate surface area is 301 Å². The predicted molar refractivity (Wildman–Crippen MR) is 197 cm³/mol. The van der Waals surface area contributed by atoms with Gasteiger partial charge in [-0.15, -0.1) is 0 Å². The average molecular weight is 722 g/mol. The van der Waals surface area contributed by atoms with Crippen molar-refractivity contribution in [2.45, 2.75) is 78.2 Å². The number of hydrogen-bond acceptors (Lipinski definition) is 8. The summed E-state index contributed by atoms with van der Waals surface area (Å²) in [4.78, 5) is 25.2. The monoisotopic (exact) mass is 721 g/mol. The maximum absolute atomic E-state index is 11.0. The zero-order valence-corrected chi connectivity index (χ0v) is 31.2. The largest absolute Gasteiger partial charge is 0.748 e. The average Bonchev–Trinajstić information content (AvgIpc) is 3.46. The summed E-state index contributed by atoms with van der Waals surface area (Å²) in [5.74, 6) is 0.683. The number of hydrogen-bond donors (Lipinski definition) is 1. The molecule has 0 atom stereocenters. The molecule has 0 fully saturated rings. The number of amidine groups is 1. The fraction of sp³-hybridized carbons (Fsp3) is 0.474. The Morgan fingerprint density at radius 1 is 1.06 bits per heavy atom. The van der Waals surface area contributed by atoms with Crippen LogP contribution in [-0.4, -0.2) is 77.8 Å². The van der Waals surface area contributed by atoms with Gasteiger partial charge in [0.2, 0.25) is 0 Å². The summed E-state index contributed by atoms with van der Waals surface area (Å²) in [7, 11) is -2.15. The summed E-state index contributed by atoms with van der Waals surface area (Å²) in [6, 6.07) is 4.19. The molecule has 4 aliphatic rings. The summed E-state index contributed by atoms with van der Waals surface area (Å²) < 4.78 is 35.3. The molecule has 0 bridgehead atoms. The van der Waals surface area contributed by atoms with Crippen LogP contribution in [0.4, 0.5) is 5.82 Å². The van der Waals surface area contributed by atoms with Gasteiger partial charge < -0.3 is 14.6 Å². The molecular formula is C38H48ClN5O5S. The van der Waals surface area contributed by atoms with Crippen molar-refractivity contribution in [2.75, 3.05) is 32.4 Å². The van der Waals surface area contributed by atoms with E-state index in [4.69, 9.17) is 26.7 Å². The Balaban J connectivity index is 1.34. The minimum Gasteiger partial charge on any atom is -0.748 e. The van der Waals surface area contributed by atoms with Crippen LogP contribution in [0.3, 0.4) is 0 Å². The maximum Gasteiger partial charge on any atom is 0.327 e. The Hall–Kier alpha value is -3.64. The normalized spacial score (nSPS) is 21.6. The first kappa shape index (κ1) is 37.6. The molecule has 0 aromatic carbocycles. The van der Waals surface area contributed by atoms with Gasteiger partial charge in [0.25, 0.3) is 0 Å². The number of allylic oxidation sites excluding steroid dienone is 6. The molecule has 268 valence electrons. The van der Waals surface area contributed by atoms with E-state index in [1.165, 1.54) is 5.56 Å². The molecule has 0 saturated carbocycles. The lowest BCUT2D eigenvalue weighted by molar-refractivity contribution is -0.684. The van der Waals surface area contributed by atoms with Gasteiger partial charge in [-0.05, 0) is 99.5 Å². The summed E-state index contributed by atoms with van der Waals surface area (Å²) in [5, 5.41) is 9.66. The molecule has 1 aromatic heterocycles. The highest BCUT2D eigenvalue weighted by molar-refractivity contribution is 7.85. The second-order valence-electron chi connectivity index (χ2n) is 14.5. The van der Waals surface area contributed by atoms with Gasteiger partial charge in [0, 0.05) is 54.0 Å². The second-order valence-corrected chi connectivity index (χ2v) is 16.4. The number of likely N-dealkylation sites (N-methyl/N-ethyl adjacent to an activating group) is 1. The van der Waals surface area contributed by atoms with E-state index in [0.717, 1.165) is 64.2 Å². The lowest BCUT2D eigenvalue weighted by Gasteiger charge is -2.28. The van der Waals surface area contributed by atoms with Crippen molar-refractivity contribution in [3.05, 3.63) is 94.0 Å². The number of carboxylic acid groups (broad SMARTS) is 1. The van der Waals surface area contributed by atoms with Crippen LogP contribution in [0.25, 0.3) is 0 Å². The van der Waals surface area contributed by atoms with Crippen LogP contribution in [0.2, 0.25) is 0 Å². The van der Waals surface area contributed by atoms with Crippen molar-refractivity contribution >= 4 is 45.1 Å². The third kappa shape index (κ3) is 8.62. The van der Waals surface area contributed by atoms with Crippen molar-refractivity contribution < 1.29 is 27.4 Å². The first-order valence-corrected chi connectivity index (χ1v) is 19.2. The van der Waals surface area contributed by atoms with Crippen LogP contribution in [0.5, 0.6) is 0 Å². The summed E-state index contributed by atoms with van der Waals surface area (Å²) >= 11 is 7.08. The molecule has 4 aliphatic heterocycles. The van der Waals surface area contributed by atoms with Gasteiger partial charge >= 0.3 is 11.8 Å². The topological polar surface area (TPSA) is 130 Å². The van der Waals surface area contributed by atoms with Crippen LogP contribution >= 0.6 is 11.6 Å². The van der Waals surface area contributed by atoms with Crippen LogP contribution in [0.1, 0.15) is 71.8 Å². The standard InChI is InChI=1S/C38H48ClN5O5S/c1-37(2)29-13-11-22-43(20-8-6-7-15-33(45)46)35(29)40-31(37)18-16-27-25-42(5)26-28(34(27)39)17-19-32-38(3,4)30-14-12-23-44(36(30)41-32)21-9-10-24-50(47,48)49/h11-14,16-19,22-23H,6-10,15,20-21,24-26H2,1-5H3,(H-,45,46,47,48,49). The fourth-order valence-electron chi connectivity index (χ4n) is 6.84. The molecule has 1 aromatic rings. The van der Waals surface area contributed by atoms with Crippen LogP contribution < -0.4 is 4.57 Å². The number of carbonyl (C=O) groups is 1. The zero-order valence-electron chi connectivity index (χ0n) is 29.7. The first-order valence-electron chi connectivity index (χ1n) is 17.3. The molecule has 0 aliphatic carbocycles. The molecule has 0 saturated heterocycles. The second kappa shape index (κ2) is 15.3. The number of unbranched alkanes of at least 4 members (excludes halogenated alkanes) is 3. The van der Waals surface area contributed by atoms with Crippen molar-refractivity contribution in [1.82, 2.24) is 9.80 Å². The molecular weight excluding hydrogens is 674 g/mol. The molecule has 0 unspecified atom stereocenters. The third-order valence-corrected chi connectivity index (χ3v) is 11.1. The van der Waals surface area contributed by atoms with E-state index in [1.807, 2.05) is 29.4 Å². The van der Waals surface area contributed by atoms with Gasteiger partial charge in [0.15, 0.2) is 5.71 Å². The van der Waals surface area contributed by atoms with E-state index in [2.05, 4.69) is 80.6 Å². The highest BCUT2D eigenvalue weighted by Crippen LogP contribution is 2.44. The molecule has 10 nitrogen and oxygen atoms in total. The first-order chi connectivity index (χ1) is 23.6. The van der Waals surface area contributed by atoms with E-state index in [0.29, 0.717) is 38.9 Å². The number of aliphatic carboxylic acids is 1. The maximum atomic E-state index is 11.0. The van der Waals surface area contributed by atoms with Gasteiger partial charge in [-0.1, -0.05) is 43.7 Å². The number of rotatable bonds is 14. The van der Waals surface area contributed by atoms with Crippen molar-refractivity contribution in [3.63, 3.8) is 0 Å². The molecule has 12 heteroatoms. The lowest BCUT2D eigenvalue weighted by Crippen LogP contribution is -2.34. The smallest absolute Gasteiger partial charge is 0.327 e. The van der Waals surface area contributed by atoms with Gasteiger partial charge in [0.1, 0.15) is 5.84 Å². The number of aliphatic imine (C=N–C) groups is 2. The summed E-state index contributed by atoms with van der Waals surface area (Å²) in [6.07, 6.45) is 19.8. The summed E-state index contributed by atoms with van der Waals surface area (Å²) in [5.41, 5.74) is 5.50. The number of nitrogens with zero attached hydrogens (tertiary/aromatic N) is 5. The summed E-state index contributed by atoms with van der Waals surface area (Å²) in [6.45, 7) is 11.4. The highest BCUT2D eigenvalue weighted by atomic mass is 35.5. The molecule has 1 N–H and O–H groups in total. The van der Waals surface area contributed by atoms with Crippen LogP contribution in [0, 0.1) is 5.41 Å². The molecule has 50 heavy (non-hydrogen) atoms. The van der Waals surface area contributed by atoms with E-state index < -0.39 is 16.1 Å². The van der Waals surface area contributed by atoms with Gasteiger partial charge in [-0.2, -0.15) is 0 Å². The van der Waals surface area contributed by atoms with Gasteiger partial charge in [0.05, 0.1) is 39.5 Å². The van der Waals surface area contributed by atoms with Gasteiger partial charge in [-0.3, -0.25) is 9.69 Å². The Morgan fingerprint density at radius 3 is 2.58 bits per heavy atom. The van der Waals surface area contributed by atoms with Crippen molar-refractivity contribution in [2.24, 2.45) is 15.4 Å². The van der Waals surface area contributed by atoms with E-state index in [9.17, 15) is 17.8 Å². The Kier molecular flexibility index (Phi) is 11.5. The number of pyridine rings is 1. The minimum absolute atomic E-state index is 0.200. The molecule has 0 spiro atoms. The van der Waals surface area contributed by atoms with Crippen LogP contribution in [0.15, 0.2) is 98.4 Å². The molecule has 0 amide bonds. The van der Waals surface area contributed by atoms with E-state index in [1.54, 1.807) is 0 Å². The number of fused-ring (bicyclic) bond motifs is 2. The number of halogens is 1. The quantitative estimate of drug-likeness (QED) is 0.136. The van der Waals surface area contributed by atoms with Crippen LogP contribution in [-0.2, 0) is 26.9 Å². The van der Waals surface area contributed by atoms with E-state index in [-0.39, 0.29) is 23.0 Å². The third-order valence-electron chi connectivity index (χ3n) is 9.83. The Morgan fingerprint density at radius 2 is 1.84 bits per heavy atom. The Bertz CT molecular complexity index is 1880. The van der Waals surface area contributed by atoms with Gasteiger partial charge in [-0.25, -0.2) is 18.0 Å². The molecule has 5 heterocycles. The molecule has 5 rings (SSSR count). The number of carboxylic acids is 1. The fourth-order valence-corrected chi connectivity index (χ4v) is 7.64.